The van der Waals surface area contributed by atoms with Gasteiger partial charge in [0.25, 0.3) is 5.91 Å². The van der Waals surface area contributed by atoms with Gasteiger partial charge in [-0.3, -0.25) is 9.78 Å². The van der Waals surface area contributed by atoms with Crippen LogP contribution in [0.2, 0.25) is 5.02 Å². The van der Waals surface area contributed by atoms with E-state index in [1.807, 2.05) is 13.8 Å². The summed E-state index contributed by atoms with van der Waals surface area (Å²) < 4.78 is 24.2. The van der Waals surface area contributed by atoms with Crippen LogP contribution in [-0.4, -0.2) is 37.4 Å². The number of carbonyl (C=O) groups is 1. The maximum atomic E-state index is 12.5. The second-order valence-electron chi connectivity index (χ2n) is 8.52. The number of hydrogen-bond acceptors (Lipinski definition) is 4. The maximum absolute atomic E-state index is 12.5. The molecule has 0 spiro atoms. The van der Waals surface area contributed by atoms with Crippen LogP contribution in [0.25, 0.3) is 0 Å². The average Bonchev–Trinajstić information content (AvgIpc) is 3.34. The lowest BCUT2D eigenvalue weighted by Crippen LogP contribution is -2.48. The van der Waals surface area contributed by atoms with E-state index in [1.54, 1.807) is 6.07 Å². The molecule has 3 rings (SSSR count). The van der Waals surface area contributed by atoms with Crippen LogP contribution in [0.4, 0.5) is 0 Å². The highest BCUT2D eigenvalue weighted by molar-refractivity contribution is 7.91. The highest BCUT2D eigenvalue weighted by Crippen LogP contribution is 2.53. The lowest BCUT2D eigenvalue weighted by molar-refractivity contribution is 0.0475. The number of hydrogen-bond donors (Lipinski definition) is 1. The normalized spacial score (nSPS) is 25.1. The van der Waals surface area contributed by atoms with E-state index in [0.29, 0.717) is 23.6 Å². The molecule has 2 aliphatic carbocycles. The molecule has 0 aromatic carbocycles. The average molecular weight is 413 g/mol. The van der Waals surface area contributed by atoms with Gasteiger partial charge in [-0.15, -0.1) is 0 Å². The molecule has 1 heterocycles. The van der Waals surface area contributed by atoms with Gasteiger partial charge < -0.3 is 5.32 Å². The predicted molar refractivity (Wildman–Crippen MR) is 108 cm³/mol. The van der Waals surface area contributed by atoms with E-state index < -0.39 is 9.84 Å². The number of amides is 1. The number of pyridine rings is 1. The lowest BCUT2D eigenvalue weighted by atomic mass is 9.60. The van der Waals surface area contributed by atoms with Crippen LogP contribution in [0, 0.1) is 24.2 Å². The molecule has 1 N–H and O–H groups in total. The second kappa shape index (κ2) is 8.08. The Morgan fingerprint density at radius 2 is 2.04 bits per heavy atom. The number of sulfone groups is 1. The summed E-state index contributed by atoms with van der Waals surface area (Å²) in [5, 5.41) is 3.44. The third kappa shape index (κ3) is 5.44. The molecule has 0 radical (unpaired) electrons. The number of nitrogens with one attached hydrogen (secondary N) is 1. The molecular weight excluding hydrogens is 384 g/mol. The molecule has 0 aliphatic heterocycles. The minimum absolute atomic E-state index is 0.0355. The van der Waals surface area contributed by atoms with Crippen LogP contribution in [0.5, 0.6) is 0 Å². The van der Waals surface area contributed by atoms with Crippen molar-refractivity contribution in [3.05, 3.63) is 28.5 Å². The van der Waals surface area contributed by atoms with Gasteiger partial charge in [-0.05, 0) is 55.9 Å². The number of halogens is 1. The van der Waals surface area contributed by atoms with Crippen LogP contribution >= 0.6 is 11.6 Å². The summed E-state index contributed by atoms with van der Waals surface area (Å²) in [4.78, 5) is 16.7. The zero-order valence-electron chi connectivity index (χ0n) is 16.1. The third-order valence-corrected chi connectivity index (χ3v) is 8.05. The quantitative estimate of drug-likeness (QED) is 0.669. The lowest BCUT2D eigenvalue weighted by Gasteiger charge is -2.48. The fourth-order valence-corrected chi connectivity index (χ4v) is 6.45. The van der Waals surface area contributed by atoms with Gasteiger partial charge in [0.1, 0.15) is 0 Å². The predicted octanol–water partition coefficient (Wildman–Crippen LogP) is 3.79. The molecule has 2 saturated carbocycles. The van der Waals surface area contributed by atoms with Gasteiger partial charge in [0.2, 0.25) is 0 Å². The first-order valence-electron chi connectivity index (χ1n) is 9.83. The molecule has 0 saturated heterocycles. The molecule has 0 unspecified atom stereocenters. The van der Waals surface area contributed by atoms with Crippen LogP contribution in [-0.2, 0) is 9.84 Å². The zero-order chi connectivity index (χ0) is 19.7. The molecule has 1 amide bonds. The van der Waals surface area contributed by atoms with Crippen molar-refractivity contribution in [2.45, 2.75) is 52.4 Å². The summed E-state index contributed by atoms with van der Waals surface area (Å²) in [6, 6.07) is 1.69. The minimum Gasteiger partial charge on any atom is -0.351 e. The van der Waals surface area contributed by atoms with E-state index in [9.17, 15) is 13.2 Å². The fraction of sp³-hybridized carbons (Fsp3) is 0.700. The Bertz CT molecular complexity index is 799. The Morgan fingerprint density at radius 3 is 2.63 bits per heavy atom. The van der Waals surface area contributed by atoms with Crippen LogP contribution in [0.15, 0.2) is 12.3 Å². The monoisotopic (exact) mass is 412 g/mol. The van der Waals surface area contributed by atoms with E-state index in [1.165, 1.54) is 19.0 Å². The number of nitrogens with zero attached hydrogens (tertiary/aromatic N) is 1. The van der Waals surface area contributed by atoms with Crippen molar-refractivity contribution >= 4 is 27.3 Å². The number of aryl methyl sites for hydroxylation is 1. The Kier molecular flexibility index (Phi) is 6.16. The Balaban J connectivity index is 1.59. The minimum atomic E-state index is -2.95. The summed E-state index contributed by atoms with van der Waals surface area (Å²) in [5.41, 5.74) is 1.20. The number of carbonyl (C=O) groups excluding carboxylic acids is 1. The Morgan fingerprint density at radius 1 is 1.33 bits per heavy atom. The van der Waals surface area contributed by atoms with Gasteiger partial charge in [0.05, 0.1) is 16.3 Å². The first-order valence-corrected chi connectivity index (χ1v) is 12.0. The van der Waals surface area contributed by atoms with E-state index in [0.717, 1.165) is 30.9 Å². The molecule has 5 nitrogen and oxygen atoms in total. The zero-order valence-corrected chi connectivity index (χ0v) is 17.7. The van der Waals surface area contributed by atoms with E-state index >= 15 is 0 Å². The van der Waals surface area contributed by atoms with Crippen molar-refractivity contribution in [1.29, 1.82) is 0 Å². The van der Waals surface area contributed by atoms with Gasteiger partial charge >= 0.3 is 0 Å². The SMILES string of the molecule is CCCS(=O)(=O)CC1CC(CNC(=O)c2cnc(C)cc2Cl)(CC2CC2)C1. The van der Waals surface area contributed by atoms with Crippen molar-refractivity contribution < 1.29 is 13.2 Å². The summed E-state index contributed by atoms with van der Waals surface area (Å²) in [7, 11) is -2.95. The largest absolute Gasteiger partial charge is 0.351 e. The summed E-state index contributed by atoms with van der Waals surface area (Å²) in [5.74, 6) is 1.32. The van der Waals surface area contributed by atoms with Crippen molar-refractivity contribution in [3.63, 3.8) is 0 Å². The molecule has 27 heavy (non-hydrogen) atoms. The van der Waals surface area contributed by atoms with E-state index in [-0.39, 0.29) is 28.7 Å². The molecule has 0 atom stereocenters. The second-order valence-corrected chi connectivity index (χ2v) is 11.2. The molecule has 2 fully saturated rings. The molecule has 1 aromatic rings. The Hall–Kier alpha value is -1.14. The number of rotatable bonds is 9. The fourth-order valence-electron chi connectivity index (χ4n) is 4.41. The summed E-state index contributed by atoms with van der Waals surface area (Å²) in [6.45, 7) is 4.31. The maximum Gasteiger partial charge on any atom is 0.254 e. The molecule has 0 bridgehead atoms. The van der Waals surface area contributed by atoms with E-state index in [2.05, 4.69) is 10.3 Å². The molecule has 2 aliphatic rings. The highest BCUT2D eigenvalue weighted by Gasteiger charge is 2.48. The molecule has 150 valence electrons. The van der Waals surface area contributed by atoms with Crippen molar-refractivity contribution in [2.24, 2.45) is 17.3 Å². The first-order chi connectivity index (χ1) is 12.7. The van der Waals surface area contributed by atoms with E-state index in [4.69, 9.17) is 11.6 Å². The topological polar surface area (TPSA) is 76.1 Å². The summed E-state index contributed by atoms with van der Waals surface area (Å²) in [6.07, 6.45) is 7.53. The van der Waals surface area contributed by atoms with Gasteiger partial charge in [0.15, 0.2) is 9.84 Å². The van der Waals surface area contributed by atoms with Gasteiger partial charge in [0, 0.05) is 24.2 Å². The first kappa shape index (κ1) is 20.6. The van der Waals surface area contributed by atoms with Crippen LogP contribution in [0.1, 0.15) is 61.5 Å². The van der Waals surface area contributed by atoms with Crippen molar-refractivity contribution in [3.8, 4) is 0 Å². The highest BCUT2D eigenvalue weighted by atomic mass is 35.5. The van der Waals surface area contributed by atoms with Crippen molar-refractivity contribution in [2.75, 3.05) is 18.1 Å². The summed E-state index contributed by atoms with van der Waals surface area (Å²) >= 11 is 6.17. The van der Waals surface area contributed by atoms with Crippen LogP contribution < -0.4 is 5.32 Å². The third-order valence-electron chi connectivity index (χ3n) is 5.73. The molecular formula is C20H29ClN2O3S. The standard InChI is InChI=1S/C20H29ClN2O3S/c1-3-6-27(25,26)12-16-9-20(10-16,8-15-4-5-15)13-23-19(24)17-11-22-14(2)7-18(17)21/h7,11,15-16H,3-6,8-10,12-13H2,1-2H3,(H,23,24). The Labute approximate surface area is 167 Å². The van der Waals surface area contributed by atoms with Crippen LogP contribution in [0.3, 0.4) is 0 Å². The number of aromatic nitrogens is 1. The van der Waals surface area contributed by atoms with Crippen molar-refractivity contribution in [1.82, 2.24) is 10.3 Å². The van der Waals surface area contributed by atoms with Gasteiger partial charge in [-0.25, -0.2) is 8.42 Å². The molecule has 1 aromatic heterocycles. The molecule has 7 heteroatoms. The smallest absolute Gasteiger partial charge is 0.254 e. The van der Waals surface area contributed by atoms with Gasteiger partial charge in [-0.1, -0.05) is 31.4 Å². The van der Waals surface area contributed by atoms with Gasteiger partial charge in [-0.2, -0.15) is 0 Å².